The lowest BCUT2D eigenvalue weighted by Gasteiger charge is -2.08. The van der Waals surface area contributed by atoms with Crippen LogP contribution in [0.15, 0.2) is 71.3 Å². The zero-order valence-electron chi connectivity index (χ0n) is 12.4. The summed E-state index contributed by atoms with van der Waals surface area (Å²) in [6.45, 7) is 2.78. The highest BCUT2D eigenvalue weighted by Gasteiger charge is 2.13. The van der Waals surface area contributed by atoms with E-state index in [2.05, 4.69) is 41.8 Å². The molecule has 0 N–H and O–H groups in total. The molecule has 3 nitrogen and oxygen atoms in total. The number of aryl methyl sites for hydroxylation is 1. The maximum absolute atomic E-state index is 5.52. The molecule has 0 amide bonds. The third-order valence-corrected chi connectivity index (χ3v) is 3.82. The van der Waals surface area contributed by atoms with Gasteiger partial charge in [-0.3, -0.25) is 0 Å². The molecule has 0 radical (unpaired) electrons. The third-order valence-electron chi connectivity index (χ3n) is 3.82. The minimum absolute atomic E-state index is 0.677. The van der Waals surface area contributed by atoms with Gasteiger partial charge in [0.25, 0.3) is 0 Å². The molecule has 2 aromatic carbocycles. The van der Waals surface area contributed by atoms with Crippen LogP contribution in [0.5, 0.6) is 0 Å². The zero-order chi connectivity index (χ0) is 14.9. The molecule has 22 heavy (non-hydrogen) atoms. The van der Waals surface area contributed by atoms with Gasteiger partial charge in [-0.25, -0.2) is 4.98 Å². The van der Waals surface area contributed by atoms with Gasteiger partial charge in [0.2, 0.25) is 0 Å². The van der Waals surface area contributed by atoms with Crippen molar-refractivity contribution in [2.45, 2.75) is 13.5 Å². The van der Waals surface area contributed by atoms with Crippen molar-refractivity contribution in [3.63, 3.8) is 0 Å². The van der Waals surface area contributed by atoms with Gasteiger partial charge in [0, 0.05) is 5.56 Å². The van der Waals surface area contributed by atoms with E-state index in [9.17, 15) is 0 Å². The maximum atomic E-state index is 5.52. The molecule has 2 aromatic heterocycles. The highest BCUT2D eigenvalue weighted by Crippen LogP contribution is 2.26. The Hall–Kier alpha value is -2.81. The second kappa shape index (κ2) is 5.19. The highest BCUT2D eigenvalue weighted by atomic mass is 16.3. The van der Waals surface area contributed by atoms with Crippen molar-refractivity contribution in [3.8, 4) is 11.4 Å². The van der Waals surface area contributed by atoms with E-state index in [0.29, 0.717) is 6.54 Å². The molecule has 4 aromatic rings. The number of aromatic nitrogens is 2. The third kappa shape index (κ3) is 2.21. The van der Waals surface area contributed by atoms with Crippen molar-refractivity contribution in [1.29, 1.82) is 0 Å². The van der Waals surface area contributed by atoms with Crippen LogP contribution >= 0.6 is 0 Å². The molecule has 0 fully saturated rings. The molecular formula is C19H16N2O. The van der Waals surface area contributed by atoms with Gasteiger partial charge in [0.05, 0.1) is 23.8 Å². The van der Waals surface area contributed by atoms with Crippen LogP contribution < -0.4 is 0 Å². The minimum atomic E-state index is 0.677. The monoisotopic (exact) mass is 288 g/mol. The quantitative estimate of drug-likeness (QED) is 0.549. The van der Waals surface area contributed by atoms with Crippen LogP contribution in [0.25, 0.3) is 22.4 Å². The summed E-state index contributed by atoms with van der Waals surface area (Å²) in [6, 6.07) is 20.6. The zero-order valence-corrected chi connectivity index (χ0v) is 12.4. The van der Waals surface area contributed by atoms with E-state index >= 15 is 0 Å². The number of hydrogen-bond acceptors (Lipinski definition) is 2. The Balaban J connectivity index is 1.93. The summed E-state index contributed by atoms with van der Waals surface area (Å²) >= 11 is 0. The van der Waals surface area contributed by atoms with Crippen molar-refractivity contribution in [1.82, 2.24) is 9.55 Å². The van der Waals surface area contributed by atoms with Crippen LogP contribution in [0.3, 0.4) is 0 Å². The average molecular weight is 288 g/mol. The molecule has 0 unspecified atom stereocenters. The van der Waals surface area contributed by atoms with E-state index < -0.39 is 0 Å². The number of hydrogen-bond donors (Lipinski definition) is 0. The SMILES string of the molecule is Cc1cccc(-c2nc3ccccc3n2Cc2ccco2)c1. The fraction of sp³-hybridized carbons (Fsp3) is 0.105. The summed E-state index contributed by atoms with van der Waals surface area (Å²) in [4.78, 5) is 4.83. The Morgan fingerprint density at radius 1 is 1.00 bits per heavy atom. The standard InChI is InChI=1S/C19H16N2O/c1-14-6-4-7-15(12-14)19-20-17-9-2-3-10-18(17)21(19)13-16-8-5-11-22-16/h2-12H,13H2,1H3. The summed E-state index contributed by atoms with van der Waals surface area (Å²) < 4.78 is 7.73. The van der Waals surface area contributed by atoms with Crippen LogP contribution in [0.1, 0.15) is 11.3 Å². The van der Waals surface area contributed by atoms with Gasteiger partial charge < -0.3 is 8.98 Å². The predicted molar refractivity (Wildman–Crippen MR) is 87.7 cm³/mol. The Morgan fingerprint density at radius 2 is 1.91 bits per heavy atom. The van der Waals surface area contributed by atoms with E-state index in [0.717, 1.165) is 28.2 Å². The summed E-state index contributed by atoms with van der Waals surface area (Å²) in [5.74, 6) is 1.90. The number of fused-ring (bicyclic) bond motifs is 1. The van der Waals surface area contributed by atoms with Crippen molar-refractivity contribution >= 4 is 11.0 Å². The molecular weight excluding hydrogens is 272 g/mol. The lowest BCUT2D eigenvalue weighted by atomic mass is 10.1. The van der Waals surface area contributed by atoms with Gasteiger partial charge >= 0.3 is 0 Å². The summed E-state index contributed by atoms with van der Waals surface area (Å²) in [7, 11) is 0. The van der Waals surface area contributed by atoms with Gasteiger partial charge in [0.1, 0.15) is 11.6 Å². The second-order valence-corrected chi connectivity index (χ2v) is 5.46. The van der Waals surface area contributed by atoms with E-state index in [1.807, 2.05) is 30.3 Å². The molecule has 0 aliphatic rings. The van der Waals surface area contributed by atoms with Crippen molar-refractivity contribution in [2.75, 3.05) is 0 Å². The number of rotatable bonds is 3. The first-order chi connectivity index (χ1) is 10.8. The summed E-state index contributed by atoms with van der Waals surface area (Å²) in [5.41, 5.74) is 4.48. The van der Waals surface area contributed by atoms with Gasteiger partial charge in [0.15, 0.2) is 0 Å². The van der Waals surface area contributed by atoms with Crippen LogP contribution in [0, 0.1) is 6.92 Å². The molecule has 0 bridgehead atoms. The lowest BCUT2D eigenvalue weighted by Crippen LogP contribution is -2.01. The Morgan fingerprint density at radius 3 is 2.73 bits per heavy atom. The first kappa shape index (κ1) is 12.9. The number of nitrogens with zero attached hydrogens (tertiary/aromatic N) is 2. The van der Waals surface area contributed by atoms with Crippen LogP contribution in [0.4, 0.5) is 0 Å². The molecule has 4 rings (SSSR count). The molecule has 3 heteroatoms. The van der Waals surface area contributed by atoms with Gasteiger partial charge in [-0.1, -0.05) is 35.9 Å². The maximum Gasteiger partial charge on any atom is 0.141 e. The predicted octanol–water partition coefficient (Wildman–Crippen LogP) is 4.65. The number of benzene rings is 2. The highest BCUT2D eigenvalue weighted by molar-refractivity contribution is 5.80. The molecule has 0 spiro atoms. The Kier molecular flexibility index (Phi) is 3.04. The molecule has 0 saturated heterocycles. The molecule has 0 aliphatic heterocycles. The first-order valence-corrected chi connectivity index (χ1v) is 7.36. The fourth-order valence-electron chi connectivity index (χ4n) is 2.80. The molecule has 2 heterocycles. The van der Waals surface area contributed by atoms with Crippen LogP contribution in [0.2, 0.25) is 0 Å². The smallest absolute Gasteiger partial charge is 0.141 e. The second-order valence-electron chi connectivity index (χ2n) is 5.46. The first-order valence-electron chi connectivity index (χ1n) is 7.36. The number of furan rings is 1. The van der Waals surface area contributed by atoms with E-state index in [-0.39, 0.29) is 0 Å². The lowest BCUT2D eigenvalue weighted by molar-refractivity contribution is 0.497. The fourth-order valence-corrected chi connectivity index (χ4v) is 2.80. The van der Waals surface area contributed by atoms with Gasteiger partial charge in [-0.2, -0.15) is 0 Å². The summed E-state index contributed by atoms with van der Waals surface area (Å²) in [6.07, 6.45) is 1.71. The number of imidazole rings is 1. The van der Waals surface area contributed by atoms with Crippen LogP contribution in [-0.4, -0.2) is 9.55 Å². The van der Waals surface area contributed by atoms with Gasteiger partial charge in [-0.05, 0) is 37.3 Å². The molecule has 0 saturated carbocycles. The largest absolute Gasteiger partial charge is 0.467 e. The molecule has 0 atom stereocenters. The average Bonchev–Trinajstić information content (AvgIpc) is 3.16. The molecule has 0 aliphatic carbocycles. The van der Waals surface area contributed by atoms with E-state index in [1.54, 1.807) is 6.26 Å². The number of para-hydroxylation sites is 2. The topological polar surface area (TPSA) is 31.0 Å². The van der Waals surface area contributed by atoms with Crippen molar-refractivity contribution in [2.24, 2.45) is 0 Å². The Labute approximate surface area is 128 Å². The minimum Gasteiger partial charge on any atom is -0.467 e. The normalized spacial score (nSPS) is 11.1. The molecule has 108 valence electrons. The van der Waals surface area contributed by atoms with E-state index in [1.165, 1.54) is 5.56 Å². The summed E-state index contributed by atoms with van der Waals surface area (Å²) in [5, 5.41) is 0. The van der Waals surface area contributed by atoms with Gasteiger partial charge in [-0.15, -0.1) is 0 Å². The Bertz CT molecular complexity index is 920. The van der Waals surface area contributed by atoms with E-state index in [4.69, 9.17) is 9.40 Å². The van der Waals surface area contributed by atoms with Crippen molar-refractivity contribution < 1.29 is 4.42 Å². The van der Waals surface area contributed by atoms with Crippen LogP contribution in [-0.2, 0) is 6.54 Å². The van der Waals surface area contributed by atoms with Crippen molar-refractivity contribution in [3.05, 3.63) is 78.3 Å².